The van der Waals surface area contributed by atoms with E-state index in [1.54, 1.807) is 0 Å². The van der Waals surface area contributed by atoms with Crippen molar-refractivity contribution in [2.24, 2.45) is 4.99 Å². The Bertz CT molecular complexity index is 2790. The molecule has 6 aromatic carbocycles. The number of thioether (sulfide) groups is 1. The number of aromatic nitrogens is 1. The minimum atomic E-state index is -0.219. The zero-order chi connectivity index (χ0) is 37.0. The van der Waals surface area contributed by atoms with Crippen LogP contribution in [0.2, 0.25) is 0 Å². The van der Waals surface area contributed by atoms with Crippen LogP contribution in [0.4, 0.5) is 0 Å². The van der Waals surface area contributed by atoms with E-state index < -0.39 is 0 Å². The van der Waals surface area contributed by atoms with Gasteiger partial charge in [-0.2, -0.15) is 0 Å². The van der Waals surface area contributed by atoms with Crippen molar-refractivity contribution in [2.75, 3.05) is 0 Å². The second-order valence-corrected chi connectivity index (χ2v) is 16.2. The number of amidine groups is 1. The van der Waals surface area contributed by atoms with E-state index in [0.29, 0.717) is 11.2 Å². The normalized spacial score (nSPS) is 21.2. The molecule has 4 nitrogen and oxygen atoms in total. The summed E-state index contributed by atoms with van der Waals surface area (Å²) in [5.74, 6) is 1.25. The van der Waals surface area contributed by atoms with Gasteiger partial charge in [0.05, 0.1) is 16.3 Å². The Kier molecular flexibility index (Phi) is 8.22. The summed E-state index contributed by atoms with van der Waals surface area (Å²) in [7, 11) is 0. The molecule has 5 heteroatoms. The van der Waals surface area contributed by atoms with Crippen LogP contribution < -0.4 is 10.6 Å². The number of fused-ring (bicyclic) bond motifs is 6. The average Bonchev–Trinajstić information content (AvgIpc) is 3.83. The highest BCUT2D eigenvalue weighted by Crippen LogP contribution is 2.52. The number of aliphatic imine (C=N–C) groups is 1. The number of allylic oxidation sites excluding steroid dienone is 5. The molecule has 4 atom stereocenters. The number of hydrogen-bond donors (Lipinski definition) is 2. The number of rotatable bonds is 6. The van der Waals surface area contributed by atoms with Gasteiger partial charge in [0.15, 0.2) is 0 Å². The lowest BCUT2D eigenvalue weighted by molar-refractivity contribution is 0.440. The Morgan fingerprint density at radius 3 is 2.14 bits per heavy atom. The van der Waals surface area contributed by atoms with Gasteiger partial charge in [-0.1, -0.05) is 158 Å². The fraction of sp³-hybridized carbons (Fsp3) is 0.118. The van der Waals surface area contributed by atoms with Crippen LogP contribution in [0, 0.1) is 0 Å². The highest BCUT2D eigenvalue weighted by atomic mass is 32.2. The fourth-order valence-electron chi connectivity index (χ4n) is 8.89. The summed E-state index contributed by atoms with van der Waals surface area (Å²) in [4.78, 5) is 6.78. The van der Waals surface area contributed by atoms with Crippen molar-refractivity contribution in [1.82, 2.24) is 15.2 Å². The third-order valence-electron chi connectivity index (χ3n) is 11.7. The van der Waals surface area contributed by atoms with Gasteiger partial charge < -0.3 is 9.88 Å². The molecule has 2 aliphatic heterocycles. The van der Waals surface area contributed by atoms with E-state index in [9.17, 15) is 0 Å². The van der Waals surface area contributed by atoms with Crippen LogP contribution in [0.5, 0.6) is 0 Å². The third kappa shape index (κ3) is 5.78. The van der Waals surface area contributed by atoms with E-state index in [1.807, 2.05) is 11.8 Å². The molecule has 2 aliphatic carbocycles. The quantitative estimate of drug-likeness (QED) is 0.178. The number of para-hydroxylation sites is 1. The van der Waals surface area contributed by atoms with Gasteiger partial charge in [-0.25, -0.2) is 4.99 Å². The molecule has 7 aromatic rings. The molecule has 2 N–H and O–H groups in total. The van der Waals surface area contributed by atoms with Gasteiger partial charge >= 0.3 is 0 Å². The van der Waals surface area contributed by atoms with Crippen molar-refractivity contribution < 1.29 is 0 Å². The van der Waals surface area contributed by atoms with Gasteiger partial charge in [0.25, 0.3) is 0 Å². The second kappa shape index (κ2) is 13.9. The first-order valence-corrected chi connectivity index (χ1v) is 20.5. The minimum absolute atomic E-state index is 0.0730. The van der Waals surface area contributed by atoms with Gasteiger partial charge in [0.2, 0.25) is 0 Å². The maximum Gasteiger partial charge on any atom is 0.131 e. The summed E-state index contributed by atoms with van der Waals surface area (Å²) in [5, 5.41) is 10.5. The molecular formula is C51H40N4S. The molecular weight excluding hydrogens is 701 g/mol. The van der Waals surface area contributed by atoms with Crippen molar-refractivity contribution >= 4 is 45.1 Å². The first-order valence-electron chi connectivity index (χ1n) is 19.7. The Hall–Kier alpha value is -6.14. The van der Waals surface area contributed by atoms with Gasteiger partial charge in [-0.3, -0.25) is 5.32 Å². The van der Waals surface area contributed by atoms with Crippen LogP contribution in [0.3, 0.4) is 0 Å². The van der Waals surface area contributed by atoms with E-state index in [-0.39, 0.29) is 12.3 Å². The van der Waals surface area contributed by atoms with Crippen molar-refractivity contribution in [3.8, 4) is 22.3 Å². The summed E-state index contributed by atoms with van der Waals surface area (Å²) in [6.07, 6.45) is 15.7. The third-order valence-corrected chi connectivity index (χ3v) is 13.1. The molecule has 270 valence electrons. The molecule has 0 radical (unpaired) electrons. The average molecular weight is 741 g/mol. The zero-order valence-electron chi connectivity index (χ0n) is 30.8. The molecule has 0 spiro atoms. The van der Waals surface area contributed by atoms with Crippen LogP contribution in [-0.4, -0.2) is 21.8 Å². The summed E-state index contributed by atoms with van der Waals surface area (Å²) in [6.45, 7) is 0. The topological polar surface area (TPSA) is 41.4 Å². The van der Waals surface area contributed by atoms with Crippen LogP contribution in [0.25, 0.3) is 49.8 Å². The summed E-state index contributed by atoms with van der Waals surface area (Å²) < 4.78 is 2.52. The summed E-state index contributed by atoms with van der Waals surface area (Å²) >= 11 is 1.99. The molecule has 4 aliphatic rings. The lowest BCUT2D eigenvalue weighted by Gasteiger charge is -2.33. The molecule has 0 bridgehead atoms. The molecule has 1 aromatic heterocycles. The standard InChI is InChI=1S/C51H40N4S/c1-3-12-33(13-4-1)34-22-24-35(25-23-34)36-26-28-38(29-27-36)50-52-49(37-14-5-2-6-15-37)53-51(54-50)39-30-31-41-40-16-7-9-19-44(40)55(46(41)32-39)45-20-11-18-43-42-17-8-10-21-47(42)56-48(43)45/h1,3-5,7-32,43,48-50,52H,2,6H2,(H,53,54). The van der Waals surface area contributed by atoms with Crippen LogP contribution in [-0.2, 0) is 0 Å². The van der Waals surface area contributed by atoms with Crippen LogP contribution in [0.1, 0.15) is 41.6 Å². The molecule has 0 fully saturated rings. The molecule has 3 heterocycles. The van der Waals surface area contributed by atoms with E-state index >= 15 is 0 Å². The molecule has 0 amide bonds. The maximum absolute atomic E-state index is 5.40. The molecule has 0 saturated carbocycles. The van der Waals surface area contributed by atoms with E-state index in [4.69, 9.17) is 4.99 Å². The summed E-state index contributed by atoms with van der Waals surface area (Å²) in [6, 6.07) is 53.0. The highest BCUT2D eigenvalue weighted by Gasteiger charge is 2.37. The predicted molar refractivity (Wildman–Crippen MR) is 235 cm³/mol. The number of nitrogens with one attached hydrogen (secondary N) is 2. The van der Waals surface area contributed by atoms with Gasteiger partial charge in [0.1, 0.15) is 18.2 Å². The largest absolute Gasteiger partial charge is 0.350 e. The van der Waals surface area contributed by atoms with Crippen molar-refractivity contribution in [2.45, 2.75) is 41.2 Å². The van der Waals surface area contributed by atoms with Crippen molar-refractivity contribution in [1.29, 1.82) is 0 Å². The van der Waals surface area contributed by atoms with E-state index in [2.05, 4.69) is 197 Å². The summed E-state index contributed by atoms with van der Waals surface area (Å²) in [5.41, 5.74) is 13.5. The number of hydrogen-bond acceptors (Lipinski definition) is 4. The number of nitrogens with zero attached hydrogens (tertiary/aromatic N) is 2. The highest BCUT2D eigenvalue weighted by molar-refractivity contribution is 8.00. The van der Waals surface area contributed by atoms with Gasteiger partial charge in [0, 0.05) is 32.8 Å². The molecule has 4 unspecified atom stereocenters. The predicted octanol–water partition coefficient (Wildman–Crippen LogP) is 12.0. The SMILES string of the molecule is C1=CC2c3ccccc3SC2C(n2c3ccccc3c3ccc(C4=NC(c5ccc(-c6ccc(-c7ccccc7)cc6)cc5)NC(C5=CCCC=C5)N4)cc32)=C1. The Morgan fingerprint density at radius 1 is 0.643 bits per heavy atom. The monoisotopic (exact) mass is 740 g/mol. The van der Waals surface area contributed by atoms with Crippen LogP contribution in [0.15, 0.2) is 198 Å². The first-order chi connectivity index (χ1) is 27.7. The van der Waals surface area contributed by atoms with Gasteiger partial charge in [-0.05, 0) is 76.1 Å². The number of benzene rings is 6. The molecule has 0 saturated heterocycles. The molecule has 56 heavy (non-hydrogen) atoms. The Balaban J connectivity index is 0.971. The smallest absolute Gasteiger partial charge is 0.131 e. The van der Waals surface area contributed by atoms with Crippen molar-refractivity contribution in [3.63, 3.8) is 0 Å². The fourth-order valence-corrected chi connectivity index (χ4v) is 10.4. The Morgan fingerprint density at radius 2 is 1.34 bits per heavy atom. The first kappa shape index (κ1) is 33.2. The van der Waals surface area contributed by atoms with Crippen LogP contribution >= 0.6 is 11.8 Å². The molecule has 11 rings (SSSR count). The lowest BCUT2D eigenvalue weighted by Crippen LogP contribution is -2.52. The Labute approximate surface area is 331 Å². The van der Waals surface area contributed by atoms with E-state index in [1.165, 1.54) is 65.8 Å². The lowest BCUT2D eigenvalue weighted by atomic mass is 9.90. The van der Waals surface area contributed by atoms with E-state index in [0.717, 1.165) is 29.8 Å². The maximum atomic E-state index is 5.40. The van der Waals surface area contributed by atoms with Crippen molar-refractivity contribution in [3.05, 3.63) is 204 Å². The minimum Gasteiger partial charge on any atom is -0.350 e. The zero-order valence-corrected chi connectivity index (χ0v) is 31.7. The second-order valence-electron chi connectivity index (χ2n) is 15.0. The van der Waals surface area contributed by atoms with Gasteiger partial charge in [-0.15, -0.1) is 11.8 Å².